The van der Waals surface area contributed by atoms with Crippen molar-refractivity contribution in [2.24, 2.45) is 0 Å². The lowest BCUT2D eigenvalue weighted by atomic mass is 10.1. The summed E-state index contributed by atoms with van der Waals surface area (Å²) in [4.78, 5) is 18.0. The average molecular weight is 251 g/mol. The van der Waals surface area contributed by atoms with Crippen LogP contribution in [0.15, 0.2) is 30.6 Å². The highest BCUT2D eigenvalue weighted by molar-refractivity contribution is 6.30. The van der Waals surface area contributed by atoms with Crippen LogP contribution in [0.3, 0.4) is 0 Å². The number of halogens is 1. The molecule has 1 aromatic heterocycles. The second kappa shape index (κ2) is 5.82. The van der Waals surface area contributed by atoms with Crippen LogP contribution in [0.1, 0.15) is 29.8 Å². The fourth-order valence-electron chi connectivity index (χ4n) is 1.87. The summed E-state index contributed by atoms with van der Waals surface area (Å²) in [5.74, 6) is -0.0990. The zero-order valence-electron chi connectivity index (χ0n) is 9.60. The van der Waals surface area contributed by atoms with E-state index < -0.39 is 0 Å². The Morgan fingerprint density at radius 3 is 2.82 bits per heavy atom. The monoisotopic (exact) mass is 250 g/mol. The lowest BCUT2D eigenvalue weighted by molar-refractivity contribution is 0.104. The zero-order chi connectivity index (χ0) is 12.1. The number of likely N-dealkylation sites (tertiary alicyclic amines) is 1. The fraction of sp³-hybridized carbons (Fsp3) is 0.385. The van der Waals surface area contributed by atoms with Crippen molar-refractivity contribution in [1.29, 1.82) is 0 Å². The van der Waals surface area contributed by atoms with Crippen LogP contribution in [0.4, 0.5) is 0 Å². The Morgan fingerprint density at radius 1 is 1.35 bits per heavy atom. The molecular weight excluding hydrogens is 236 g/mol. The lowest BCUT2D eigenvalue weighted by Crippen LogP contribution is -2.24. The number of hydrogen-bond donors (Lipinski definition) is 0. The van der Waals surface area contributed by atoms with Gasteiger partial charge < -0.3 is 4.90 Å². The van der Waals surface area contributed by atoms with Gasteiger partial charge in [-0.2, -0.15) is 0 Å². The summed E-state index contributed by atoms with van der Waals surface area (Å²) in [5.41, 5.74) is 0.394. The molecule has 0 aliphatic carbocycles. The normalized spacial score (nSPS) is 16.4. The molecule has 1 saturated heterocycles. The molecule has 0 aromatic carbocycles. The number of nitrogens with zero attached hydrogens (tertiary/aromatic N) is 2. The van der Waals surface area contributed by atoms with Gasteiger partial charge in [-0.05, 0) is 31.4 Å². The van der Waals surface area contributed by atoms with Crippen molar-refractivity contribution < 1.29 is 4.79 Å². The molecule has 0 radical (unpaired) electrons. The van der Waals surface area contributed by atoms with Crippen molar-refractivity contribution in [1.82, 2.24) is 9.88 Å². The number of aromatic nitrogens is 1. The molecule has 1 aromatic rings. The van der Waals surface area contributed by atoms with E-state index in [2.05, 4.69) is 9.88 Å². The Balaban J connectivity index is 1.98. The Kier molecular flexibility index (Phi) is 4.15. The molecule has 0 unspecified atom stereocenters. The molecule has 1 aliphatic rings. The number of allylic oxidation sites excluding steroid dienone is 1. The molecule has 4 heteroatoms. The quantitative estimate of drug-likeness (QED) is 0.611. The van der Waals surface area contributed by atoms with Crippen LogP contribution < -0.4 is 0 Å². The third-order valence-electron chi connectivity index (χ3n) is 2.80. The van der Waals surface area contributed by atoms with E-state index >= 15 is 0 Å². The van der Waals surface area contributed by atoms with Crippen molar-refractivity contribution in [3.63, 3.8) is 0 Å². The Labute approximate surface area is 106 Å². The largest absolute Gasteiger partial charge is 0.377 e. The molecule has 17 heavy (non-hydrogen) atoms. The van der Waals surface area contributed by atoms with Crippen molar-refractivity contribution in [2.75, 3.05) is 13.1 Å². The van der Waals surface area contributed by atoms with E-state index in [4.69, 9.17) is 11.6 Å². The second-order valence-electron chi connectivity index (χ2n) is 4.14. The van der Waals surface area contributed by atoms with Gasteiger partial charge in [-0.25, -0.2) is 0 Å². The van der Waals surface area contributed by atoms with Crippen LogP contribution in [-0.4, -0.2) is 28.8 Å². The molecule has 0 spiro atoms. The molecule has 0 N–H and O–H groups in total. The summed E-state index contributed by atoms with van der Waals surface area (Å²) in [7, 11) is 0. The zero-order valence-corrected chi connectivity index (χ0v) is 10.4. The molecule has 2 heterocycles. The van der Waals surface area contributed by atoms with E-state index in [0.29, 0.717) is 10.7 Å². The van der Waals surface area contributed by atoms with Crippen LogP contribution in [0.25, 0.3) is 0 Å². The molecule has 3 nitrogen and oxygen atoms in total. The van der Waals surface area contributed by atoms with Gasteiger partial charge in [0, 0.05) is 36.6 Å². The molecule has 1 fully saturated rings. The molecule has 0 saturated carbocycles. The van der Waals surface area contributed by atoms with Crippen LogP contribution in [0.5, 0.6) is 0 Å². The molecule has 0 bridgehead atoms. The number of rotatable bonds is 3. The van der Waals surface area contributed by atoms with E-state index in [1.54, 1.807) is 24.4 Å². The smallest absolute Gasteiger partial charge is 0.205 e. The summed E-state index contributed by atoms with van der Waals surface area (Å²) in [5, 5.41) is 0.537. The highest BCUT2D eigenvalue weighted by Gasteiger charge is 2.07. The number of ketones is 1. The van der Waals surface area contributed by atoms with Crippen molar-refractivity contribution in [3.05, 3.63) is 41.3 Å². The van der Waals surface area contributed by atoms with Gasteiger partial charge in [-0.1, -0.05) is 11.6 Å². The van der Waals surface area contributed by atoms with E-state index in [1.165, 1.54) is 19.3 Å². The summed E-state index contributed by atoms with van der Waals surface area (Å²) in [6, 6.07) is 3.25. The van der Waals surface area contributed by atoms with Crippen LogP contribution in [0.2, 0.25) is 5.02 Å². The van der Waals surface area contributed by atoms with Gasteiger partial charge in [0.15, 0.2) is 0 Å². The first-order valence-corrected chi connectivity index (χ1v) is 6.21. The van der Waals surface area contributed by atoms with Crippen LogP contribution in [-0.2, 0) is 0 Å². The molecule has 90 valence electrons. The minimum atomic E-state index is -0.0990. The molecule has 0 atom stereocenters. The van der Waals surface area contributed by atoms with E-state index in [-0.39, 0.29) is 5.78 Å². The Hall–Kier alpha value is -1.35. The van der Waals surface area contributed by atoms with Crippen molar-refractivity contribution in [2.45, 2.75) is 19.3 Å². The van der Waals surface area contributed by atoms with E-state index in [0.717, 1.165) is 13.1 Å². The SMILES string of the molecule is O=C(/C=C/N1CCCCC1)c1cc(Cl)ccn1. The highest BCUT2D eigenvalue weighted by Crippen LogP contribution is 2.11. The summed E-state index contributed by atoms with van der Waals surface area (Å²) < 4.78 is 0. The van der Waals surface area contributed by atoms with Gasteiger partial charge in [-0.15, -0.1) is 0 Å². The predicted molar refractivity (Wildman–Crippen MR) is 68.1 cm³/mol. The topological polar surface area (TPSA) is 33.2 Å². The average Bonchev–Trinajstić information content (AvgIpc) is 2.37. The number of pyridine rings is 1. The van der Waals surface area contributed by atoms with E-state index in [1.807, 2.05) is 6.20 Å². The first-order chi connectivity index (χ1) is 8.25. The maximum absolute atomic E-state index is 11.8. The number of carbonyl (C=O) groups excluding carboxylic acids is 1. The van der Waals surface area contributed by atoms with Gasteiger partial charge >= 0.3 is 0 Å². The summed E-state index contributed by atoms with van der Waals surface area (Å²) in [6.07, 6.45) is 8.67. The van der Waals surface area contributed by atoms with Crippen LogP contribution in [0, 0.1) is 0 Å². The first-order valence-electron chi connectivity index (χ1n) is 5.84. The lowest BCUT2D eigenvalue weighted by Gasteiger charge is -2.24. The second-order valence-corrected chi connectivity index (χ2v) is 4.57. The van der Waals surface area contributed by atoms with E-state index in [9.17, 15) is 4.79 Å². The van der Waals surface area contributed by atoms with Gasteiger partial charge in [0.05, 0.1) is 0 Å². The van der Waals surface area contributed by atoms with Gasteiger partial charge in [0.2, 0.25) is 5.78 Å². The van der Waals surface area contributed by atoms with Gasteiger partial charge in [-0.3, -0.25) is 9.78 Å². The highest BCUT2D eigenvalue weighted by atomic mass is 35.5. The third-order valence-corrected chi connectivity index (χ3v) is 3.04. The number of hydrogen-bond acceptors (Lipinski definition) is 3. The fourth-order valence-corrected chi connectivity index (χ4v) is 2.03. The first kappa shape index (κ1) is 12.1. The Morgan fingerprint density at radius 2 is 2.12 bits per heavy atom. The van der Waals surface area contributed by atoms with Crippen molar-refractivity contribution in [3.8, 4) is 0 Å². The molecule has 1 aliphatic heterocycles. The minimum absolute atomic E-state index is 0.0990. The maximum Gasteiger partial charge on any atom is 0.205 e. The number of piperidine rings is 1. The summed E-state index contributed by atoms with van der Waals surface area (Å²) >= 11 is 5.81. The molecule has 2 rings (SSSR count). The molecular formula is C13H15ClN2O. The van der Waals surface area contributed by atoms with Gasteiger partial charge in [0.1, 0.15) is 5.69 Å². The third kappa shape index (κ3) is 3.56. The Bertz CT molecular complexity index is 425. The maximum atomic E-state index is 11.8. The number of carbonyl (C=O) groups is 1. The van der Waals surface area contributed by atoms with Crippen LogP contribution >= 0.6 is 11.6 Å². The van der Waals surface area contributed by atoms with Crippen molar-refractivity contribution >= 4 is 17.4 Å². The van der Waals surface area contributed by atoms with Gasteiger partial charge in [0.25, 0.3) is 0 Å². The minimum Gasteiger partial charge on any atom is -0.377 e. The summed E-state index contributed by atoms with van der Waals surface area (Å²) in [6.45, 7) is 2.07. The molecule has 0 amide bonds. The standard InChI is InChI=1S/C13H15ClN2O/c14-11-4-6-15-12(10-11)13(17)5-9-16-7-2-1-3-8-16/h4-6,9-10H,1-3,7-8H2/b9-5+. The predicted octanol–water partition coefficient (Wildman–Crippen LogP) is 2.92.